The van der Waals surface area contributed by atoms with Gasteiger partial charge in [0.15, 0.2) is 0 Å². The molecule has 4 aromatic rings. The van der Waals surface area contributed by atoms with Crippen LogP contribution in [0.25, 0.3) is 15.8 Å². The third-order valence-electron chi connectivity index (χ3n) is 6.44. The molecule has 5 rings (SSSR count). The lowest BCUT2D eigenvalue weighted by molar-refractivity contribution is 0.0695. The Hall–Kier alpha value is -3.71. The zero-order chi connectivity index (χ0) is 23.8. The summed E-state index contributed by atoms with van der Waals surface area (Å²) in [5.74, 6) is -1.15. The van der Waals surface area contributed by atoms with E-state index in [0.29, 0.717) is 11.1 Å². The molecule has 34 heavy (non-hydrogen) atoms. The third kappa shape index (κ3) is 3.82. The first-order chi connectivity index (χ1) is 16.5. The topological polar surface area (TPSA) is 83.7 Å². The number of nitrogens with one attached hydrogen (secondary N) is 1. The highest BCUT2D eigenvalue weighted by atomic mass is 32.1. The van der Waals surface area contributed by atoms with E-state index in [1.54, 1.807) is 23.6 Å². The number of carbonyl (C=O) groups is 2. The summed E-state index contributed by atoms with van der Waals surface area (Å²) in [4.78, 5) is 26.1. The van der Waals surface area contributed by atoms with Crippen LogP contribution in [0.3, 0.4) is 0 Å². The van der Waals surface area contributed by atoms with Crippen LogP contribution in [0.4, 0.5) is 0 Å². The smallest absolute Gasteiger partial charge is 0.339 e. The number of hydrogen-bond acceptors (Lipinski definition) is 4. The molecule has 1 aliphatic carbocycles. The average molecular weight is 472 g/mol. The van der Waals surface area contributed by atoms with Crippen LogP contribution in [0, 0.1) is 13.8 Å². The molecule has 6 nitrogen and oxygen atoms in total. The standard InChI is InChI=1S/C27H25N3O3S/c1-16-14-19(15-28-29-25(31)21-12-7-9-18-8-3-4-10-20(18)21)17(2)30(16)26-24(27(32)33)22-11-5-6-13-23(22)34-26/h3-4,7-10,12,14-15H,5-6,11,13H2,1-2H3,(H,29,31)(H,32,33). The molecule has 172 valence electrons. The summed E-state index contributed by atoms with van der Waals surface area (Å²) in [6.45, 7) is 3.91. The maximum atomic E-state index is 12.8. The quantitative estimate of drug-likeness (QED) is 0.291. The van der Waals surface area contributed by atoms with Crippen molar-refractivity contribution in [1.29, 1.82) is 0 Å². The summed E-state index contributed by atoms with van der Waals surface area (Å²) in [7, 11) is 0. The van der Waals surface area contributed by atoms with E-state index in [1.165, 1.54) is 4.88 Å². The lowest BCUT2D eigenvalue weighted by Gasteiger charge is -2.11. The fourth-order valence-corrected chi connectivity index (χ4v) is 6.30. The zero-order valence-corrected chi connectivity index (χ0v) is 19.9. The average Bonchev–Trinajstić information content (AvgIpc) is 3.34. The Bertz CT molecular complexity index is 1460. The van der Waals surface area contributed by atoms with E-state index >= 15 is 0 Å². The molecule has 2 N–H and O–H groups in total. The first-order valence-electron chi connectivity index (χ1n) is 11.3. The summed E-state index contributed by atoms with van der Waals surface area (Å²) in [5.41, 5.74) is 7.27. The van der Waals surface area contributed by atoms with Crippen molar-refractivity contribution in [1.82, 2.24) is 9.99 Å². The second-order valence-corrected chi connectivity index (χ2v) is 9.67. The second kappa shape index (κ2) is 8.91. The summed E-state index contributed by atoms with van der Waals surface area (Å²) >= 11 is 1.58. The van der Waals surface area contributed by atoms with Crippen molar-refractivity contribution < 1.29 is 14.7 Å². The molecule has 0 atom stereocenters. The number of nitrogens with zero attached hydrogens (tertiary/aromatic N) is 2. The van der Waals surface area contributed by atoms with Crippen molar-refractivity contribution in [3.8, 4) is 5.00 Å². The highest BCUT2D eigenvalue weighted by Crippen LogP contribution is 2.38. The minimum atomic E-state index is -0.875. The Morgan fingerprint density at radius 1 is 1.09 bits per heavy atom. The molecule has 2 aromatic heterocycles. The summed E-state index contributed by atoms with van der Waals surface area (Å²) < 4.78 is 2.00. The van der Waals surface area contributed by atoms with Crippen LogP contribution in [0.2, 0.25) is 0 Å². The Morgan fingerprint density at radius 2 is 1.85 bits per heavy atom. The van der Waals surface area contributed by atoms with Gasteiger partial charge in [0.05, 0.1) is 11.8 Å². The van der Waals surface area contributed by atoms with E-state index < -0.39 is 5.97 Å². The molecule has 0 saturated heterocycles. The summed E-state index contributed by atoms with van der Waals surface area (Å²) in [6.07, 6.45) is 5.51. The fourth-order valence-electron chi connectivity index (χ4n) is 4.80. The molecular weight excluding hydrogens is 446 g/mol. The van der Waals surface area contributed by atoms with Gasteiger partial charge in [-0.15, -0.1) is 11.3 Å². The van der Waals surface area contributed by atoms with Crippen LogP contribution in [-0.2, 0) is 12.8 Å². The molecular formula is C27H25N3O3S. The van der Waals surface area contributed by atoms with Gasteiger partial charge in [0.1, 0.15) is 5.00 Å². The van der Waals surface area contributed by atoms with Crippen molar-refractivity contribution in [3.63, 3.8) is 0 Å². The predicted molar refractivity (Wildman–Crippen MR) is 136 cm³/mol. The van der Waals surface area contributed by atoms with E-state index in [9.17, 15) is 14.7 Å². The lowest BCUT2D eigenvalue weighted by atomic mass is 9.95. The van der Waals surface area contributed by atoms with Gasteiger partial charge < -0.3 is 9.67 Å². The number of carboxylic acid groups (broad SMARTS) is 1. The highest BCUT2D eigenvalue weighted by Gasteiger charge is 2.27. The van der Waals surface area contributed by atoms with Crippen molar-refractivity contribution in [2.45, 2.75) is 39.5 Å². The number of aromatic carboxylic acids is 1. The van der Waals surface area contributed by atoms with E-state index in [-0.39, 0.29) is 5.91 Å². The molecule has 0 bridgehead atoms. The van der Waals surface area contributed by atoms with Gasteiger partial charge in [-0.05, 0) is 68.0 Å². The molecule has 1 aliphatic rings. The SMILES string of the molecule is Cc1cc(C=NNC(=O)c2cccc3ccccc23)c(C)n1-c1sc2c(c1C(=O)O)CCCC2. The van der Waals surface area contributed by atoms with Crippen LogP contribution < -0.4 is 5.43 Å². The molecule has 0 saturated carbocycles. The van der Waals surface area contributed by atoms with E-state index in [2.05, 4.69) is 10.5 Å². The van der Waals surface area contributed by atoms with Crippen LogP contribution in [-0.4, -0.2) is 27.8 Å². The minimum Gasteiger partial charge on any atom is -0.478 e. The maximum absolute atomic E-state index is 12.8. The summed E-state index contributed by atoms with van der Waals surface area (Å²) in [5, 5.41) is 16.8. The molecule has 1 amide bonds. The zero-order valence-electron chi connectivity index (χ0n) is 19.1. The van der Waals surface area contributed by atoms with Crippen LogP contribution in [0.1, 0.15) is 60.9 Å². The lowest BCUT2D eigenvalue weighted by Crippen LogP contribution is -2.18. The Morgan fingerprint density at radius 3 is 2.68 bits per heavy atom. The monoisotopic (exact) mass is 471 g/mol. The number of rotatable bonds is 5. The van der Waals surface area contributed by atoms with Crippen molar-refractivity contribution in [2.75, 3.05) is 0 Å². The number of hydrogen-bond donors (Lipinski definition) is 2. The van der Waals surface area contributed by atoms with Crippen LogP contribution in [0.15, 0.2) is 53.6 Å². The van der Waals surface area contributed by atoms with Crippen molar-refractivity contribution in [2.24, 2.45) is 5.10 Å². The first kappa shape index (κ1) is 22.1. The summed E-state index contributed by atoms with van der Waals surface area (Å²) in [6, 6.07) is 15.3. The number of carbonyl (C=O) groups excluding carboxylic acids is 1. The number of thiophene rings is 1. The molecule has 0 aliphatic heterocycles. The maximum Gasteiger partial charge on any atom is 0.339 e. The largest absolute Gasteiger partial charge is 0.478 e. The van der Waals surface area contributed by atoms with Gasteiger partial charge in [-0.3, -0.25) is 4.79 Å². The van der Waals surface area contributed by atoms with Gasteiger partial charge in [0.2, 0.25) is 0 Å². The van der Waals surface area contributed by atoms with E-state index in [4.69, 9.17) is 0 Å². The van der Waals surface area contributed by atoms with Crippen molar-refractivity contribution >= 4 is 40.2 Å². The third-order valence-corrected chi connectivity index (χ3v) is 7.72. The Balaban J connectivity index is 1.44. The number of benzene rings is 2. The molecule has 0 unspecified atom stereocenters. The number of hydrazone groups is 1. The van der Waals surface area contributed by atoms with Gasteiger partial charge in [0.25, 0.3) is 5.91 Å². The minimum absolute atomic E-state index is 0.277. The van der Waals surface area contributed by atoms with Crippen LogP contribution in [0.5, 0.6) is 0 Å². The fraction of sp³-hybridized carbons (Fsp3) is 0.222. The second-order valence-electron chi connectivity index (χ2n) is 8.58. The Labute approximate surface area is 201 Å². The van der Waals surface area contributed by atoms with E-state index in [1.807, 2.05) is 60.9 Å². The Kier molecular flexibility index (Phi) is 5.79. The van der Waals surface area contributed by atoms with Gasteiger partial charge in [-0.2, -0.15) is 5.10 Å². The number of amides is 1. The molecule has 0 spiro atoms. The number of aryl methyl sites for hydroxylation is 2. The first-order valence-corrected chi connectivity index (χ1v) is 12.2. The van der Waals surface area contributed by atoms with Crippen molar-refractivity contribution in [3.05, 3.63) is 87.0 Å². The predicted octanol–water partition coefficient (Wildman–Crippen LogP) is 5.65. The molecule has 2 heterocycles. The van der Waals surface area contributed by atoms with Gasteiger partial charge in [0, 0.05) is 27.4 Å². The molecule has 0 radical (unpaired) electrons. The van der Waals surface area contributed by atoms with Gasteiger partial charge in [-0.25, -0.2) is 10.2 Å². The number of aromatic nitrogens is 1. The highest BCUT2D eigenvalue weighted by molar-refractivity contribution is 7.15. The van der Waals surface area contributed by atoms with E-state index in [0.717, 1.165) is 64.0 Å². The molecule has 0 fully saturated rings. The van der Waals surface area contributed by atoms with Gasteiger partial charge >= 0.3 is 5.97 Å². The molecule has 2 aromatic carbocycles. The van der Waals surface area contributed by atoms with Gasteiger partial charge in [-0.1, -0.05) is 36.4 Å². The normalized spacial score (nSPS) is 13.4. The number of fused-ring (bicyclic) bond motifs is 2. The molecule has 7 heteroatoms. The number of carboxylic acids is 1. The van der Waals surface area contributed by atoms with Crippen LogP contribution >= 0.6 is 11.3 Å².